The summed E-state index contributed by atoms with van der Waals surface area (Å²) in [7, 11) is 0. The molecule has 2 aromatic rings. The van der Waals surface area contributed by atoms with Crippen molar-refractivity contribution in [3.63, 3.8) is 0 Å². The number of rotatable bonds is 2. The summed E-state index contributed by atoms with van der Waals surface area (Å²) in [5.74, 6) is -0.128. The molecule has 0 heterocycles. The van der Waals surface area contributed by atoms with Gasteiger partial charge in [-0.25, -0.2) is 0 Å². The molecule has 2 nitrogen and oxygen atoms in total. The fraction of sp³-hybridized carbons (Fsp3) is 0.0588. The third-order valence-electron chi connectivity index (χ3n) is 3.15. The number of carbonyl (C=O) groups excluding carboxylic acids is 2. The van der Waals surface area contributed by atoms with Crippen molar-refractivity contribution in [3.05, 3.63) is 83.4 Å². The van der Waals surface area contributed by atoms with Gasteiger partial charge in [0, 0.05) is 22.3 Å². The minimum absolute atomic E-state index is 0.0641. The number of fused-ring (bicyclic) bond motifs is 2. The molecule has 0 radical (unpaired) electrons. The molecule has 1 aliphatic carbocycles. The maximum Gasteiger partial charge on any atom is 0.472 e. The predicted molar refractivity (Wildman–Crippen MR) is 89.4 cm³/mol. The molecule has 0 aliphatic heterocycles. The Morgan fingerprint density at radius 3 is 1.38 bits per heavy atom. The van der Waals surface area contributed by atoms with Gasteiger partial charge < -0.3 is 12.9 Å². The molecular formula is C17H13BrMgO2. The first kappa shape index (κ1) is 16.1. The van der Waals surface area contributed by atoms with E-state index in [1.807, 2.05) is 6.08 Å². The Morgan fingerprint density at radius 1 is 0.857 bits per heavy atom. The number of benzene rings is 2. The maximum atomic E-state index is 12.1. The van der Waals surface area contributed by atoms with Gasteiger partial charge >= 0.3 is 18.2 Å². The van der Waals surface area contributed by atoms with Gasteiger partial charge in [-0.1, -0.05) is 48.5 Å². The Labute approximate surface area is 139 Å². The molecule has 0 amide bonds. The first-order chi connectivity index (χ1) is 10.2. The Hall–Kier alpha value is -1.23. The van der Waals surface area contributed by atoms with Gasteiger partial charge in [-0.05, 0) is 0 Å². The standard InChI is InChI=1S/C14H8O2.C3H5.BrH.Mg/c15-13-9-5-1-2-6-10(9)14(16)12-8-4-3-7-11(12)13;1-3-2;;/h1-8H;3H,1-2H2;1H;/q;;;+1/p-1. The monoisotopic (exact) mass is 352 g/mol. The lowest BCUT2D eigenvalue weighted by Gasteiger charge is -2.16. The van der Waals surface area contributed by atoms with E-state index in [2.05, 4.69) is 19.5 Å². The lowest BCUT2D eigenvalue weighted by Crippen LogP contribution is -2.20. The molecule has 0 saturated carbocycles. The van der Waals surface area contributed by atoms with Crippen LogP contribution in [-0.2, 0) is 0 Å². The molecule has 4 heteroatoms. The van der Waals surface area contributed by atoms with E-state index in [0.717, 1.165) is 0 Å². The van der Waals surface area contributed by atoms with Crippen LogP contribution in [0.5, 0.6) is 0 Å². The number of ketones is 2. The minimum Gasteiger partial charge on any atom is -0.306 e. The zero-order valence-corrected chi connectivity index (χ0v) is 14.5. The second-order valence-electron chi connectivity index (χ2n) is 4.52. The maximum absolute atomic E-state index is 12.1. The summed E-state index contributed by atoms with van der Waals surface area (Å²) in [4.78, 5) is 24.2. The summed E-state index contributed by atoms with van der Waals surface area (Å²) in [6.45, 7) is 3.56. The molecule has 2 aromatic carbocycles. The van der Waals surface area contributed by atoms with Crippen molar-refractivity contribution in [2.24, 2.45) is 0 Å². The van der Waals surface area contributed by atoms with Crippen molar-refractivity contribution in [1.82, 2.24) is 0 Å². The van der Waals surface area contributed by atoms with E-state index in [1.54, 1.807) is 48.5 Å². The highest BCUT2D eigenvalue weighted by Crippen LogP contribution is 2.26. The van der Waals surface area contributed by atoms with Crippen molar-refractivity contribution in [3.8, 4) is 0 Å². The van der Waals surface area contributed by atoms with Crippen LogP contribution in [0.15, 0.2) is 61.2 Å². The molecule has 1 aliphatic rings. The van der Waals surface area contributed by atoms with E-state index < -0.39 is 0 Å². The van der Waals surface area contributed by atoms with Gasteiger partial charge in [0.2, 0.25) is 0 Å². The van der Waals surface area contributed by atoms with Crippen LogP contribution in [-0.4, -0.2) is 29.8 Å². The average molecular weight is 353 g/mol. The van der Waals surface area contributed by atoms with Gasteiger partial charge in [-0.15, -0.1) is 17.2 Å². The Morgan fingerprint density at radius 2 is 1.19 bits per heavy atom. The predicted octanol–water partition coefficient (Wildman–Crippen LogP) is 4.07. The SMILES string of the molecule is C=C[CH2][Mg][Br].O=C1c2ccccc2C(=O)c2ccccc21. The number of halogens is 1. The highest BCUT2D eigenvalue weighted by atomic mass is 79.9. The lowest BCUT2D eigenvalue weighted by atomic mass is 9.84. The zero-order chi connectivity index (χ0) is 15.2. The van der Waals surface area contributed by atoms with Crippen molar-refractivity contribution < 1.29 is 9.59 Å². The fourth-order valence-corrected chi connectivity index (χ4v) is 3.25. The highest BCUT2D eigenvalue weighted by Gasteiger charge is 2.28. The second-order valence-corrected chi connectivity index (χ2v) is 7.85. The normalized spacial score (nSPS) is 11.5. The number of hydrogen-bond donors (Lipinski definition) is 0. The number of carbonyl (C=O) groups is 2. The van der Waals surface area contributed by atoms with Crippen LogP contribution in [0.2, 0.25) is 4.55 Å². The van der Waals surface area contributed by atoms with Gasteiger partial charge in [-0.3, -0.25) is 9.59 Å². The summed E-state index contributed by atoms with van der Waals surface area (Å²) in [6, 6.07) is 13.9. The van der Waals surface area contributed by atoms with E-state index in [4.69, 9.17) is 0 Å². The van der Waals surface area contributed by atoms with Crippen LogP contribution < -0.4 is 0 Å². The van der Waals surface area contributed by atoms with Crippen molar-refractivity contribution in [2.45, 2.75) is 4.55 Å². The van der Waals surface area contributed by atoms with Crippen LogP contribution in [0, 0.1) is 0 Å². The van der Waals surface area contributed by atoms with Gasteiger partial charge in [0.15, 0.2) is 11.6 Å². The molecule has 0 atom stereocenters. The lowest BCUT2D eigenvalue weighted by molar-refractivity contribution is 0.0979. The zero-order valence-electron chi connectivity index (χ0n) is 11.5. The van der Waals surface area contributed by atoms with Crippen LogP contribution in [0.25, 0.3) is 0 Å². The van der Waals surface area contributed by atoms with Gasteiger partial charge in [0.05, 0.1) is 0 Å². The molecule has 0 unspecified atom stereocenters. The smallest absolute Gasteiger partial charge is 0.306 e. The summed E-state index contributed by atoms with van der Waals surface area (Å²) in [6.07, 6.45) is 1.95. The first-order valence-corrected chi connectivity index (χ1v) is 11.5. The van der Waals surface area contributed by atoms with Gasteiger partial charge in [0.25, 0.3) is 0 Å². The van der Waals surface area contributed by atoms with E-state index in [9.17, 15) is 9.59 Å². The molecule has 0 bridgehead atoms. The number of allylic oxidation sites excluding steroid dienone is 1. The molecular weight excluding hydrogens is 340 g/mol. The molecule has 0 aromatic heterocycles. The van der Waals surface area contributed by atoms with E-state index in [-0.39, 0.29) is 29.8 Å². The van der Waals surface area contributed by atoms with E-state index in [1.165, 1.54) is 4.55 Å². The molecule has 102 valence electrons. The summed E-state index contributed by atoms with van der Waals surface area (Å²) < 4.78 is 1.21. The average Bonchev–Trinajstić information content (AvgIpc) is 2.54. The molecule has 21 heavy (non-hydrogen) atoms. The molecule has 3 rings (SSSR count). The Bertz CT molecular complexity index is 589. The highest BCUT2D eigenvalue weighted by molar-refractivity contribution is 9.23. The summed E-state index contributed by atoms with van der Waals surface area (Å²) in [5.41, 5.74) is 2.02. The van der Waals surface area contributed by atoms with Crippen molar-refractivity contribution >= 4 is 42.6 Å². The third-order valence-corrected chi connectivity index (χ3v) is 5.15. The largest absolute Gasteiger partial charge is 0.472 e. The van der Waals surface area contributed by atoms with Crippen molar-refractivity contribution in [1.29, 1.82) is 0 Å². The van der Waals surface area contributed by atoms with E-state index >= 15 is 0 Å². The molecule has 0 N–H and O–H groups in total. The summed E-state index contributed by atoms with van der Waals surface area (Å²) in [5, 5.41) is 0. The van der Waals surface area contributed by atoms with Crippen LogP contribution >= 0.6 is 12.9 Å². The Kier molecular flexibility index (Phi) is 5.91. The quantitative estimate of drug-likeness (QED) is 0.514. The molecule has 0 spiro atoms. The number of hydrogen-bond acceptors (Lipinski definition) is 2. The van der Waals surface area contributed by atoms with Crippen LogP contribution in [0.1, 0.15) is 31.8 Å². The van der Waals surface area contributed by atoms with Crippen molar-refractivity contribution in [2.75, 3.05) is 0 Å². The van der Waals surface area contributed by atoms with Crippen LogP contribution in [0.4, 0.5) is 0 Å². The minimum atomic E-state index is -0.0641. The summed E-state index contributed by atoms with van der Waals surface area (Å²) >= 11 is 3.49. The topological polar surface area (TPSA) is 34.1 Å². The van der Waals surface area contributed by atoms with Gasteiger partial charge in [0.1, 0.15) is 0 Å². The fourth-order valence-electron chi connectivity index (χ4n) is 2.13. The van der Waals surface area contributed by atoms with Crippen LogP contribution in [0.3, 0.4) is 0 Å². The first-order valence-electron chi connectivity index (χ1n) is 6.65. The Balaban J connectivity index is 0.000000282. The van der Waals surface area contributed by atoms with Gasteiger partial charge in [-0.2, -0.15) is 0 Å². The molecule has 0 saturated heterocycles. The molecule has 0 fully saturated rings. The second kappa shape index (κ2) is 7.68. The third kappa shape index (κ3) is 3.51. The van der Waals surface area contributed by atoms with E-state index in [0.29, 0.717) is 22.3 Å².